The maximum atomic E-state index is 12.7. The molecule has 0 saturated carbocycles. The summed E-state index contributed by atoms with van der Waals surface area (Å²) >= 11 is 3.38. The van der Waals surface area contributed by atoms with Crippen LogP contribution in [0.25, 0.3) is 10.8 Å². The molecule has 132 valence electrons. The van der Waals surface area contributed by atoms with Crippen molar-refractivity contribution in [2.75, 3.05) is 7.11 Å². The maximum Gasteiger partial charge on any atom is 0.307 e. The average Bonchev–Trinajstić information content (AvgIpc) is 2.67. The molecule has 0 aliphatic carbocycles. The number of pyridine rings is 1. The lowest BCUT2D eigenvalue weighted by Gasteiger charge is -2.18. The van der Waals surface area contributed by atoms with Crippen molar-refractivity contribution >= 4 is 38.6 Å². The highest BCUT2D eigenvalue weighted by Crippen LogP contribution is 2.21. The third-order valence-electron chi connectivity index (χ3n) is 4.04. The minimum absolute atomic E-state index is 0.0391. The van der Waals surface area contributed by atoms with E-state index in [9.17, 15) is 9.59 Å². The Balaban J connectivity index is 1.85. The third-order valence-corrected chi connectivity index (χ3v) is 4.57. The molecule has 5 nitrogen and oxygen atoms in total. The lowest BCUT2D eigenvalue weighted by atomic mass is 10.0. The first-order valence-electron chi connectivity index (χ1n) is 8.05. The van der Waals surface area contributed by atoms with Crippen molar-refractivity contribution in [3.8, 4) is 0 Å². The molecule has 0 saturated heterocycles. The monoisotopic (exact) mass is 412 g/mol. The summed E-state index contributed by atoms with van der Waals surface area (Å²) in [7, 11) is 1.33. The van der Waals surface area contributed by atoms with Crippen LogP contribution >= 0.6 is 15.9 Å². The second kappa shape index (κ2) is 8.10. The van der Waals surface area contributed by atoms with Gasteiger partial charge in [0.25, 0.3) is 5.91 Å². The van der Waals surface area contributed by atoms with Gasteiger partial charge in [-0.15, -0.1) is 0 Å². The van der Waals surface area contributed by atoms with Crippen molar-refractivity contribution in [3.05, 3.63) is 76.5 Å². The molecular formula is C20H17BrN2O3. The number of methoxy groups -OCH3 is 1. The highest BCUT2D eigenvalue weighted by molar-refractivity contribution is 9.10. The van der Waals surface area contributed by atoms with E-state index in [1.54, 1.807) is 12.3 Å². The quantitative estimate of drug-likeness (QED) is 0.642. The predicted molar refractivity (Wildman–Crippen MR) is 103 cm³/mol. The maximum absolute atomic E-state index is 12.7. The van der Waals surface area contributed by atoms with Crippen LogP contribution in [-0.2, 0) is 9.53 Å². The fraction of sp³-hybridized carbons (Fsp3) is 0.150. The van der Waals surface area contributed by atoms with E-state index >= 15 is 0 Å². The summed E-state index contributed by atoms with van der Waals surface area (Å²) < 4.78 is 5.67. The Hall–Kier alpha value is -2.73. The number of amides is 1. The molecule has 3 aromatic rings. The molecule has 0 radical (unpaired) electrons. The van der Waals surface area contributed by atoms with Crippen molar-refractivity contribution in [1.29, 1.82) is 0 Å². The van der Waals surface area contributed by atoms with Crippen LogP contribution in [0.15, 0.2) is 65.3 Å². The number of hydrogen-bond acceptors (Lipinski definition) is 4. The molecule has 0 fully saturated rings. The van der Waals surface area contributed by atoms with Crippen LogP contribution in [0.4, 0.5) is 0 Å². The van der Waals surface area contributed by atoms with Gasteiger partial charge < -0.3 is 10.1 Å². The number of carbonyl (C=O) groups excluding carboxylic acids is 2. The molecule has 1 unspecified atom stereocenters. The Morgan fingerprint density at radius 2 is 1.81 bits per heavy atom. The molecule has 0 bridgehead atoms. The zero-order chi connectivity index (χ0) is 18.5. The van der Waals surface area contributed by atoms with E-state index in [1.165, 1.54) is 7.11 Å². The van der Waals surface area contributed by atoms with Gasteiger partial charge in [-0.1, -0.05) is 52.3 Å². The number of aromatic nitrogens is 1. The minimum Gasteiger partial charge on any atom is -0.469 e. The first-order chi connectivity index (χ1) is 12.6. The SMILES string of the molecule is COC(=O)CC(NC(=O)c1cc2ccccc2cn1)c1ccc(Br)cc1. The van der Waals surface area contributed by atoms with Gasteiger partial charge in [0.05, 0.1) is 19.6 Å². The zero-order valence-corrected chi connectivity index (χ0v) is 15.7. The molecule has 0 spiro atoms. The molecule has 1 heterocycles. The standard InChI is InChI=1S/C20H17BrN2O3/c1-26-19(24)11-17(13-6-8-16(21)9-7-13)23-20(25)18-10-14-4-2-3-5-15(14)12-22-18/h2-10,12,17H,11H2,1H3,(H,23,25). The number of fused-ring (bicyclic) bond motifs is 1. The topological polar surface area (TPSA) is 68.3 Å². The molecule has 1 N–H and O–H groups in total. The highest BCUT2D eigenvalue weighted by Gasteiger charge is 2.20. The lowest BCUT2D eigenvalue weighted by Crippen LogP contribution is -2.31. The Bertz CT molecular complexity index is 941. The van der Waals surface area contributed by atoms with Crippen molar-refractivity contribution in [3.63, 3.8) is 0 Å². The first-order valence-corrected chi connectivity index (χ1v) is 8.84. The lowest BCUT2D eigenvalue weighted by molar-refractivity contribution is -0.141. The normalized spacial score (nSPS) is 11.8. The van der Waals surface area contributed by atoms with E-state index in [0.717, 1.165) is 20.8 Å². The van der Waals surface area contributed by atoms with Gasteiger partial charge in [0.15, 0.2) is 0 Å². The number of benzene rings is 2. The fourth-order valence-corrected chi connectivity index (χ4v) is 2.90. The Labute approximate surface area is 159 Å². The molecular weight excluding hydrogens is 396 g/mol. The van der Waals surface area contributed by atoms with Gasteiger partial charge in [-0.25, -0.2) is 0 Å². The van der Waals surface area contributed by atoms with Crippen LogP contribution in [0.1, 0.15) is 28.5 Å². The molecule has 6 heteroatoms. The van der Waals surface area contributed by atoms with Gasteiger partial charge in [-0.2, -0.15) is 0 Å². The first kappa shape index (κ1) is 18.1. The number of nitrogens with one attached hydrogen (secondary N) is 1. The molecule has 3 rings (SSSR count). The second-order valence-electron chi connectivity index (χ2n) is 5.77. The number of carbonyl (C=O) groups is 2. The summed E-state index contributed by atoms with van der Waals surface area (Å²) in [4.78, 5) is 28.7. The summed E-state index contributed by atoms with van der Waals surface area (Å²) in [6.45, 7) is 0. The van der Waals surface area contributed by atoms with E-state index in [1.807, 2.05) is 48.5 Å². The molecule has 1 atom stereocenters. The molecule has 1 amide bonds. The predicted octanol–water partition coefficient (Wildman–Crippen LogP) is 4.03. The summed E-state index contributed by atoms with van der Waals surface area (Å²) in [5, 5.41) is 4.77. The Morgan fingerprint density at radius 3 is 2.50 bits per heavy atom. The average molecular weight is 413 g/mol. The minimum atomic E-state index is -0.503. The van der Waals surface area contributed by atoms with Gasteiger partial charge in [-0.3, -0.25) is 14.6 Å². The van der Waals surface area contributed by atoms with E-state index in [4.69, 9.17) is 4.74 Å². The summed E-state index contributed by atoms with van der Waals surface area (Å²) in [5.74, 6) is -0.739. The molecule has 2 aromatic carbocycles. The summed E-state index contributed by atoms with van der Waals surface area (Å²) in [5.41, 5.74) is 1.11. The van der Waals surface area contributed by atoms with Crippen LogP contribution in [0, 0.1) is 0 Å². The number of halogens is 1. The second-order valence-corrected chi connectivity index (χ2v) is 6.69. The number of rotatable bonds is 5. The van der Waals surface area contributed by atoms with E-state index in [0.29, 0.717) is 5.69 Å². The van der Waals surface area contributed by atoms with Crippen molar-refractivity contribution in [1.82, 2.24) is 10.3 Å². The Kier molecular flexibility index (Phi) is 5.63. The van der Waals surface area contributed by atoms with Crippen LogP contribution in [-0.4, -0.2) is 24.0 Å². The van der Waals surface area contributed by atoms with Gasteiger partial charge in [0.2, 0.25) is 0 Å². The molecule has 0 aliphatic rings. The van der Waals surface area contributed by atoms with E-state index < -0.39 is 12.0 Å². The van der Waals surface area contributed by atoms with Crippen molar-refractivity contribution in [2.45, 2.75) is 12.5 Å². The van der Waals surface area contributed by atoms with Gasteiger partial charge >= 0.3 is 5.97 Å². The number of nitrogens with zero attached hydrogens (tertiary/aromatic N) is 1. The Morgan fingerprint density at radius 1 is 1.12 bits per heavy atom. The zero-order valence-electron chi connectivity index (χ0n) is 14.1. The number of esters is 1. The molecule has 0 aliphatic heterocycles. The van der Waals surface area contributed by atoms with Crippen molar-refractivity contribution < 1.29 is 14.3 Å². The largest absolute Gasteiger partial charge is 0.469 e. The van der Waals surface area contributed by atoms with Gasteiger partial charge in [0, 0.05) is 16.1 Å². The van der Waals surface area contributed by atoms with Crippen molar-refractivity contribution in [2.24, 2.45) is 0 Å². The molecule has 1 aromatic heterocycles. The summed E-state index contributed by atoms with van der Waals surface area (Å²) in [6, 6.07) is 16.4. The fourth-order valence-electron chi connectivity index (χ4n) is 2.64. The third kappa shape index (κ3) is 4.26. The van der Waals surface area contributed by atoms with E-state index in [-0.39, 0.29) is 12.3 Å². The number of ether oxygens (including phenoxy) is 1. The van der Waals surface area contributed by atoms with Crippen LogP contribution < -0.4 is 5.32 Å². The smallest absolute Gasteiger partial charge is 0.307 e. The summed E-state index contributed by atoms with van der Waals surface area (Å²) in [6.07, 6.45) is 1.71. The highest BCUT2D eigenvalue weighted by atomic mass is 79.9. The van der Waals surface area contributed by atoms with Crippen LogP contribution in [0.2, 0.25) is 0 Å². The van der Waals surface area contributed by atoms with Gasteiger partial charge in [0.1, 0.15) is 5.69 Å². The number of hydrogen-bond donors (Lipinski definition) is 1. The van der Waals surface area contributed by atoms with E-state index in [2.05, 4.69) is 26.2 Å². The van der Waals surface area contributed by atoms with Gasteiger partial charge in [-0.05, 0) is 29.1 Å². The van der Waals surface area contributed by atoms with Crippen LogP contribution in [0.3, 0.4) is 0 Å². The molecule has 26 heavy (non-hydrogen) atoms. The van der Waals surface area contributed by atoms with Crippen LogP contribution in [0.5, 0.6) is 0 Å².